The lowest BCUT2D eigenvalue weighted by Gasteiger charge is -2.22. The highest BCUT2D eigenvalue weighted by molar-refractivity contribution is 6.46. The maximum absolute atomic E-state index is 13.9. The number of halogens is 1. The van der Waals surface area contributed by atoms with E-state index in [-0.39, 0.29) is 11.8 Å². The fourth-order valence-electron chi connectivity index (χ4n) is 4.57. The lowest BCUT2D eigenvalue weighted by atomic mass is 10.0. The first-order valence-corrected chi connectivity index (χ1v) is 11.3. The molecule has 0 saturated carbocycles. The first-order chi connectivity index (χ1) is 16.0. The zero-order chi connectivity index (χ0) is 23.1. The number of fused-ring (bicyclic) bond motifs is 1. The topological polar surface area (TPSA) is 49.9 Å². The van der Waals surface area contributed by atoms with E-state index in [2.05, 4.69) is 6.07 Å². The molecule has 5 rings (SSSR count). The van der Waals surface area contributed by atoms with Gasteiger partial charge < -0.3 is 9.64 Å². The molecular formula is C27H23ClN2O3. The minimum Gasteiger partial charge on any atom is -0.494 e. The summed E-state index contributed by atoms with van der Waals surface area (Å²) in [6, 6.07) is 20.5. The van der Waals surface area contributed by atoms with Crippen LogP contribution in [0.4, 0.5) is 11.4 Å². The number of imide groups is 1. The molecule has 2 aliphatic heterocycles. The molecule has 0 unspecified atom stereocenters. The normalized spacial score (nSPS) is 15.5. The fourth-order valence-corrected chi connectivity index (χ4v) is 4.80. The molecule has 0 saturated heterocycles. The van der Waals surface area contributed by atoms with Gasteiger partial charge >= 0.3 is 0 Å². The predicted molar refractivity (Wildman–Crippen MR) is 131 cm³/mol. The van der Waals surface area contributed by atoms with Crippen LogP contribution in [0, 0.1) is 6.92 Å². The molecule has 0 aliphatic carbocycles. The molecule has 5 nitrogen and oxygen atoms in total. The number of carbonyl (C=O) groups is 2. The van der Waals surface area contributed by atoms with Crippen molar-refractivity contribution >= 4 is 40.4 Å². The number of anilines is 2. The van der Waals surface area contributed by atoms with Crippen molar-refractivity contribution in [1.82, 2.24) is 0 Å². The summed E-state index contributed by atoms with van der Waals surface area (Å²) >= 11 is 6.13. The summed E-state index contributed by atoms with van der Waals surface area (Å²) in [5.74, 6) is 0.0528. The first kappa shape index (κ1) is 21.3. The molecule has 0 radical (unpaired) electrons. The third-order valence-corrected chi connectivity index (χ3v) is 6.31. The Morgan fingerprint density at radius 2 is 1.70 bits per heavy atom. The highest BCUT2D eigenvalue weighted by Gasteiger charge is 2.44. The SMILES string of the molecule is CCOc1ccc(C2=C(N3CCc4ccccc43)C(=O)N(c3ccc(Cl)cc3C)C2=O)cc1. The molecule has 2 amide bonds. The van der Waals surface area contributed by atoms with Crippen molar-refractivity contribution in [3.8, 4) is 5.75 Å². The van der Waals surface area contributed by atoms with Gasteiger partial charge in [0.15, 0.2) is 0 Å². The Balaban J connectivity index is 1.66. The van der Waals surface area contributed by atoms with E-state index >= 15 is 0 Å². The molecule has 0 spiro atoms. The first-order valence-electron chi connectivity index (χ1n) is 11.0. The van der Waals surface area contributed by atoms with Crippen molar-refractivity contribution in [3.05, 3.63) is 94.1 Å². The largest absolute Gasteiger partial charge is 0.494 e. The van der Waals surface area contributed by atoms with Gasteiger partial charge in [-0.1, -0.05) is 41.9 Å². The second-order valence-electron chi connectivity index (χ2n) is 8.09. The summed E-state index contributed by atoms with van der Waals surface area (Å²) in [6.45, 7) is 4.97. The Kier molecular flexibility index (Phi) is 5.43. The zero-order valence-corrected chi connectivity index (χ0v) is 19.2. The Morgan fingerprint density at radius 3 is 2.42 bits per heavy atom. The summed E-state index contributed by atoms with van der Waals surface area (Å²) in [7, 11) is 0. The number of aryl methyl sites for hydroxylation is 1. The van der Waals surface area contributed by atoms with Crippen molar-refractivity contribution in [2.24, 2.45) is 0 Å². The van der Waals surface area contributed by atoms with Crippen LogP contribution in [0.2, 0.25) is 5.02 Å². The molecule has 0 N–H and O–H groups in total. The summed E-state index contributed by atoms with van der Waals surface area (Å²) in [6.07, 6.45) is 0.817. The van der Waals surface area contributed by atoms with Crippen LogP contribution in [-0.2, 0) is 16.0 Å². The van der Waals surface area contributed by atoms with Gasteiger partial charge in [0.2, 0.25) is 0 Å². The van der Waals surface area contributed by atoms with Crippen molar-refractivity contribution < 1.29 is 14.3 Å². The standard InChI is InChI=1S/C27H23ClN2O3/c1-3-33-21-11-8-19(9-12-21)24-25(29-15-14-18-6-4-5-7-23(18)29)27(32)30(26(24)31)22-13-10-20(28)16-17(22)2/h4-13,16H,3,14-15H2,1-2H3. The van der Waals surface area contributed by atoms with Gasteiger partial charge in [-0.05, 0) is 73.4 Å². The van der Waals surface area contributed by atoms with E-state index in [1.54, 1.807) is 18.2 Å². The summed E-state index contributed by atoms with van der Waals surface area (Å²) < 4.78 is 5.56. The van der Waals surface area contributed by atoms with Crippen LogP contribution in [-0.4, -0.2) is 25.0 Å². The average Bonchev–Trinajstić information content (AvgIpc) is 3.33. The maximum atomic E-state index is 13.9. The average molecular weight is 459 g/mol. The van der Waals surface area contributed by atoms with Crippen molar-refractivity contribution in [2.45, 2.75) is 20.3 Å². The van der Waals surface area contributed by atoms with Crippen LogP contribution in [0.1, 0.15) is 23.6 Å². The molecule has 2 aliphatic rings. The number of carbonyl (C=O) groups excluding carboxylic acids is 2. The summed E-state index contributed by atoms with van der Waals surface area (Å²) in [5, 5.41) is 0.559. The molecule has 0 atom stereocenters. The number of ether oxygens (including phenoxy) is 1. The monoisotopic (exact) mass is 458 g/mol. The number of para-hydroxylation sites is 1. The smallest absolute Gasteiger partial charge is 0.282 e. The molecular weight excluding hydrogens is 436 g/mol. The lowest BCUT2D eigenvalue weighted by molar-refractivity contribution is -0.120. The highest BCUT2D eigenvalue weighted by atomic mass is 35.5. The zero-order valence-electron chi connectivity index (χ0n) is 18.5. The van der Waals surface area contributed by atoms with E-state index in [0.29, 0.717) is 40.7 Å². The van der Waals surface area contributed by atoms with Crippen LogP contribution in [0.5, 0.6) is 5.75 Å². The second-order valence-corrected chi connectivity index (χ2v) is 8.52. The van der Waals surface area contributed by atoms with Gasteiger partial charge in [0, 0.05) is 17.3 Å². The minimum absolute atomic E-state index is 0.328. The van der Waals surface area contributed by atoms with E-state index in [9.17, 15) is 9.59 Å². The second kappa shape index (κ2) is 8.41. The van der Waals surface area contributed by atoms with Gasteiger partial charge in [0.25, 0.3) is 11.8 Å². The van der Waals surface area contributed by atoms with Crippen LogP contribution >= 0.6 is 11.6 Å². The van der Waals surface area contributed by atoms with Gasteiger partial charge in [-0.25, -0.2) is 4.90 Å². The van der Waals surface area contributed by atoms with E-state index in [1.165, 1.54) is 4.90 Å². The lowest BCUT2D eigenvalue weighted by Crippen LogP contribution is -2.35. The van der Waals surface area contributed by atoms with Gasteiger partial charge in [-0.3, -0.25) is 9.59 Å². The van der Waals surface area contributed by atoms with Gasteiger partial charge in [0.05, 0.1) is 17.9 Å². The highest BCUT2D eigenvalue weighted by Crippen LogP contribution is 2.41. The molecule has 3 aromatic carbocycles. The molecule has 166 valence electrons. The molecule has 2 heterocycles. The number of benzene rings is 3. The molecule has 6 heteroatoms. The quantitative estimate of drug-likeness (QED) is 0.481. The molecule has 0 fully saturated rings. The van der Waals surface area contributed by atoms with Crippen LogP contribution in [0.3, 0.4) is 0 Å². The third kappa shape index (κ3) is 3.58. The number of hydrogen-bond acceptors (Lipinski definition) is 4. The van der Waals surface area contributed by atoms with E-state index in [0.717, 1.165) is 29.0 Å². The van der Waals surface area contributed by atoms with E-state index < -0.39 is 0 Å². The van der Waals surface area contributed by atoms with E-state index in [1.807, 2.05) is 61.2 Å². The fraction of sp³-hybridized carbons (Fsp3) is 0.185. The Morgan fingerprint density at radius 1 is 0.939 bits per heavy atom. The predicted octanol–water partition coefficient (Wildman–Crippen LogP) is 5.39. The number of amides is 2. The van der Waals surface area contributed by atoms with E-state index in [4.69, 9.17) is 16.3 Å². The molecule has 3 aromatic rings. The van der Waals surface area contributed by atoms with Crippen LogP contribution in [0.25, 0.3) is 5.57 Å². The third-order valence-electron chi connectivity index (χ3n) is 6.07. The summed E-state index contributed by atoms with van der Waals surface area (Å²) in [4.78, 5) is 30.9. The van der Waals surface area contributed by atoms with Crippen LogP contribution < -0.4 is 14.5 Å². The summed E-state index contributed by atoms with van der Waals surface area (Å²) in [5.41, 5.74) is 4.92. The maximum Gasteiger partial charge on any atom is 0.282 e. The Hall–Kier alpha value is -3.57. The molecule has 0 bridgehead atoms. The van der Waals surface area contributed by atoms with Crippen LogP contribution in [0.15, 0.2) is 72.4 Å². The Labute approximate surface area is 197 Å². The Bertz CT molecular complexity index is 1300. The molecule has 33 heavy (non-hydrogen) atoms. The van der Waals surface area contributed by atoms with Gasteiger partial charge in [-0.15, -0.1) is 0 Å². The van der Waals surface area contributed by atoms with Gasteiger partial charge in [0.1, 0.15) is 11.4 Å². The van der Waals surface area contributed by atoms with Crippen molar-refractivity contribution in [1.29, 1.82) is 0 Å². The number of nitrogens with zero attached hydrogens (tertiary/aromatic N) is 2. The van der Waals surface area contributed by atoms with Gasteiger partial charge in [-0.2, -0.15) is 0 Å². The number of hydrogen-bond donors (Lipinski definition) is 0. The van der Waals surface area contributed by atoms with Crippen molar-refractivity contribution in [3.63, 3.8) is 0 Å². The number of rotatable bonds is 5. The minimum atomic E-state index is -0.339. The van der Waals surface area contributed by atoms with Crippen molar-refractivity contribution in [2.75, 3.05) is 23.0 Å². The molecule has 0 aromatic heterocycles.